The van der Waals surface area contributed by atoms with Crippen LogP contribution in [0.3, 0.4) is 0 Å². The zero-order valence-corrected chi connectivity index (χ0v) is 23.1. The van der Waals surface area contributed by atoms with Crippen molar-refractivity contribution < 1.29 is 18.3 Å². The molecule has 40 heavy (non-hydrogen) atoms. The summed E-state index contributed by atoms with van der Waals surface area (Å²) in [6, 6.07) is 24.9. The number of aryl methyl sites for hydroxylation is 2. The van der Waals surface area contributed by atoms with E-state index in [-0.39, 0.29) is 5.69 Å². The Hall–Kier alpha value is -4.56. The first kappa shape index (κ1) is 27.0. The molecule has 1 aromatic heterocycles. The van der Waals surface area contributed by atoms with Crippen molar-refractivity contribution in [3.63, 3.8) is 0 Å². The molecule has 5 nitrogen and oxygen atoms in total. The molecule has 0 atom stereocenters. The van der Waals surface area contributed by atoms with Gasteiger partial charge in [0.2, 0.25) is 4.80 Å². The van der Waals surface area contributed by atoms with E-state index in [1.54, 1.807) is 18.0 Å². The minimum atomic E-state index is -0.743. The summed E-state index contributed by atoms with van der Waals surface area (Å²) in [6.07, 6.45) is 1.68. The summed E-state index contributed by atoms with van der Waals surface area (Å²) in [7, 11) is 1.59. The van der Waals surface area contributed by atoms with Gasteiger partial charge in [0.15, 0.2) is 17.3 Å². The number of ether oxygens (including phenoxy) is 2. The van der Waals surface area contributed by atoms with Crippen LogP contribution in [0.15, 0.2) is 100 Å². The first-order valence-electron chi connectivity index (χ1n) is 12.6. The highest BCUT2D eigenvalue weighted by atomic mass is 32.1. The number of hydrogen-bond acceptors (Lipinski definition) is 5. The van der Waals surface area contributed by atoms with Crippen LogP contribution in [-0.4, -0.2) is 18.0 Å². The van der Waals surface area contributed by atoms with Crippen LogP contribution in [0.5, 0.6) is 11.5 Å². The number of hydrogen-bond donors (Lipinski definition) is 0. The Balaban J connectivity index is 1.51. The lowest BCUT2D eigenvalue weighted by atomic mass is 10.1. The van der Waals surface area contributed by atoms with Crippen molar-refractivity contribution in [2.75, 3.05) is 7.11 Å². The van der Waals surface area contributed by atoms with Crippen LogP contribution in [0.25, 0.3) is 11.3 Å². The van der Waals surface area contributed by atoms with Crippen molar-refractivity contribution in [3.05, 3.63) is 129 Å². The Kier molecular flexibility index (Phi) is 8.17. The maximum Gasteiger partial charge on any atom is 0.211 e. The minimum Gasteiger partial charge on any atom is -0.493 e. The smallest absolute Gasteiger partial charge is 0.211 e. The fourth-order valence-corrected chi connectivity index (χ4v) is 4.86. The fourth-order valence-electron chi connectivity index (χ4n) is 4.01. The van der Waals surface area contributed by atoms with Crippen LogP contribution in [0.1, 0.15) is 22.3 Å². The highest BCUT2D eigenvalue weighted by Gasteiger charge is 2.11. The zero-order valence-electron chi connectivity index (χ0n) is 22.3. The quantitative estimate of drug-likeness (QED) is 0.183. The highest BCUT2D eigenvalue weighted by Crippen LogP contribution is 2.29. The second-order valence-corrected chi connectivity index (χ2v) is 9.99. The molecular weight excluding hydrogens is 528 g/mol. The maximum absolute atomic E-state index is 14.4. The van der Waals surface area contributed by atoms with Gasteiger partial charge >= 0.3 is 0 Å². The molecule has 5 aromatic rings. The molecular formula is C32H27F2N3O2S. The van der Waals surface area contributed by atoms with Crippen LogP contribution in [-0.2, 0) is 6.61 Å². The number of halogens is 2. The Morgan fingerprint density at radius 2 is 1.70 bits per heavy atom. The maximum atomic E-state index is 14.4. The average molecular weight is 556 g/mol. The molecule has 1 heterocycles. The van der Waals surface area contributed by atoms with Crippen molar-refractivity contribution in [3.8, 4) is 22.8 Å². The predicted octanol–water partition coefficient (Wildman–Crippen LogP) is 7.81. The number of benzene rings is 4. The highest BCUT2D eigenvalue weighted by molar-refractivity contribution is 7.07. The lowest BCUT2D eigenvalue weighted by molar-refractivity contribution is 0.284. The first-order chi connectivity index (χ1) is 19.4. The van der Waals surface area contributed by atoms with E-state index < -0.39 is 11.6 Å². The second kappa shape index (κ2) is 12.1. The predicted molar refractivity (Wildman–Crippen MR) is 156 cm³/mol. The molecule has 0 aliphatic rings. The molecule has 0 saturated heterocycles. The van der Waals surface area contributed by atoms with Gasteiger partial charge in [-0.25, -0.2) is 18.4 Å². The van der Waals surface area contributed by atoms with Crippen LogP contribution < -0.4 is 14.3 Å². The van der Waals surface area contributed by atoms with Gasteiger partial charge in [-0.3, -0.25) is 0 Å². The topological polar surface area (TPSA) is 48.1 Å². The van der Waals surface area contributed by atoms with Gasteiger partial charge in [-0.05, 0) is 72.5 Å². The average Bonchev–Trinajstić information content (AvgIpc) is 3.36. The molecule has 0 saturated carbocycles. The molecule has 0 bridgehead atoms. The lowest BCUT2D eigenvalue weighted by Gasteiger charge is -2.11. The summed E-state index contributed by atoms with van der Waals surface area (Å²) in [5.41, 5.74) is 5.90. The van der Waals surface area contributed by atoms with Crippen molar-refractivity contribution in [2.24, 2.45) is 10.1 Å². The van der Waals surface area contributed by atoms with Crippen LogP contribution in [0.2, 0.25) is 0 Å². The molecule has 4 aromatic carbocycles. The number of nitrogens with zero attached hydrogens (tertiary/aromatic N) is 3. The molecule has 0 amide bonds. The normalized spacial score (nSPS) is 11.8. The number of thiazole rings is 1. The van der Waals surface area contributed by atoms with Crippen LogP contribution in [0.4, 0.5) is 14.5 Å². The van der Waals surface area contributed by atoms with Gasteiger partial charge in [0, 0.05) is 17.0 Å². The zero-order chi connectivity index (χ0) is 28.1. The van der Waals surface area contributed by atoms with E-state index in [4.69, 9.17) is 14.6 Å². The monoisotopic (exact) mass is 555 g/mol. The van der Waals surface area contributed by atoms with Crippen LogP contribution >= 0.6 is 11.3 Å². The Morgan fingerprint density at radius 3 is 2.45 bits per heavy atom. The molecule has 0 aliphatic heterocycles. The van der Waals surface area contributed by atoms with Crippen molar-refractivity contribution >= 4 is 23.2 Å². The molecule has 0 unspecified atom stereocenters. The van der Waals surface area contributed by atoms with Gasteiger partial charge in [0.05, 0.1) is 19.0 Å². The standard InChI is InChI=1S/C32H27F2N3O2S/c1-21-9-11-25(15-22(21)2)29-20-40-32(36-28-13-12-26(33)17-27(28)34)37(29)35-18-24-10-14-30(31(16-24)38-3)39-19-23-7-5-4-6-8-23/h4-18,20H,19H2,1-3H3. The summed E-state index contributed by atoms with van der Waals surface area (Å²) in [5, 5.41) is 6.64. The van der Waals surface area contributed by atoms with E-state index >= 15 is 0 Å². The number of methoxy groups -OCH3 is 1. The van der Waals surface area contributed by atoms with E-state index in [0.717, 1.165) is 34.0 Å². The van der Waals surface area contributed by atoms with E-state index in [9.17, 15) is 8.78 Å². The molecule has 0 aliphatic carbocycles. The third kappa shape index (κ3) is 6.18. The van der Waals surface area contributed by atoms with E-state index in [2.05, 4.69) is 18.0 Å². The summed E-state index contributed by atoms with van der Waals surface area (Å²) < 4.78 is 41.1. The van der Waals surface area contributed by atoms with Crippen LogP contribution in [0, 0.1) is 25.5 Å². The van der Waals surface area contributed by atoms with E-state index in [1.165, 1.54) is 29.0 Å². The third-order valence-electron chi connectivity index (χ3n) is 6.36. The summed E-state index contributed by atoms with van der Waals surface area (Å²) in [5.74, 6) is -0.213. The van der Waals surface area contributed by atoms with Crippen molar-refractivity contribution in [2.45, 2.75) is 20.5 Å². The van der Waals surface area contributed by atoms with E-state index in [1.807, 2.05) is 73.0 Å². The molecule has 8 heteroatoms. The summed E-state index contributed by atoms with van der Waals surface area (Å²) in [4.78, 5) is 4.90. The molecule has 0 radical (unpaired) electrons. The molecule has 202 valence electrons. The first-order valence-corrected chi connectivity index (χ1v) is 13.5. The molecule has 5 rings (SSSR count). The summed E-state index contributed by atoms with van der Waals surface area (Å²) >= 11 is 1.32. The number of rotatable bonds is 8. The van der Waals surface area contributed by atoms with Gasteiger partial charge in [-0.1, -0.05) is 42.5 Å². The van der Waals surface area contributed by atoms with Gasteiger partial charge in [-0.2, -0.15) is 5.10 Å². The van der Waals surface area contributed by atoms with Crippen molar-refractivity contribution in [1.29, 1.82) is 0 Å². The third-order valence-corrected chi connectivity index (χ3v) is 7.18. The van der Waals surface area contributed by atoms with Gasteiger partial charge in [0.25, 0.3) is 0 Å². The fraction of sp³-hybridized carbons (Fsp3) is 0.125. The second-order valence-electron chi connectivity index (χ2n) is 9.15. The van der Waals surface area contributed by atoms with Gasteiger partial charge < -0.3 is 9.47 Å². The van der Waals surface area contributed by atoms with E-state index in [0.29, 0.717) is 22.9 Å². The lowest BCUT2D eigenvalue weighted by Crippen LogP contribution is -2.12. The molecule has 0 N–H and O–H groups in total. The largest absolute Gasteiger partial charge is 0.493 e. The van der Waals surface area contributed by atoms with Gasteiger partial charge in [0.1, 0.15) is 18.1 Å². The Bertz CT molecular complexity index is 1740. The SMILES string of the molecule is COc1cc(C=Nn2c(-c3ccc(C)c(C)c3)csc2=Nc2ccc(F)cc2F)ccc1OCc1ccccc1. The number of aromatic nitrogens is 1. The Morgan fingerprint density at radius 1 is 0.875 bits per heavy atom. The van der Waals surface area contributed by atoms with Crippen molar-refractivity contribution in [1.82, 2.24) is 4.68 Å². The van der Waals surface area contributed by atoms with Gasteiger partial charge in [-0.15, -0.1) is 11.3 Å². The minimum absolute atomic E-state index is 0.0282. The molecule has 0 fully saturated rings. The summed E-state index contributed by atoms with van der Waals surface area (Å²) in [6.45, 7) is 4.52. The molecule has 0 spiro atoms. The Labute approximate surface area is 235 Å².